The van der Waals surface area contributed by atoms with E-state index in [9.17, 15) is 0 Å². The van der Waals surface area contributed by atoms with Gasteiger partial charge >= 0.3 is 0 Å². The van der Waals surface area contributed by atoms with Crippen LogP contribution in [0.4, 0.5) is 0 Å². The van der Waals surface area contributed by atoms with Crippen LogP contribution in [0.5, 0.6) is 11.6 Å². The Morgan fingerprint density at radius 1 is 1.30 bits per heavy atom. The molecule has 2 aromatic rings. The van der Waals surface area contributed by atoms with E-state index in [0.29, 0.717) is 22.7 Å². The summed E-state index contributed by atoms with van der Waals surface area (Å²) in [5.41, 5.74) is 2.13. The topological polar surface area (TPSA) is 34.2 Å². The van der Waals surface area contributed by atoms with Crippen molar-refractivity contribution in [3.05, 3.63) is 52.7 Å². The summed E-state index contributed by atoms with van der Waals surface area (Å²) in [7, 11) is 0. The maximum absolute atomic E-state index is 6.08. The molecule has 0 radical (unpaired) electrons. The van der Waals surface area contributed by atoms with Crippen LogP contribution in [0.15, 0.2) is 36.5 Å². The number of aromatic nitrogens is 1. The molecule has 4 heteroatoms. The van der Waals surface area contributed by atoms with Crippen LogP contribution in [0.3, 0.4) is 0 Å². The molecule has 0 saturated carbocycles. The Morgan fingerprint density at radius 3 is 2.70 bits per heavy atom. The second kappa shape index (κ2) is 6.73. The van der Waals surface area contributed by atoms with Crippen molar-refractivity contribution in [1.29, 1.82) is 0 Å². The molecule has 106 valence electrons. The third-order valence-corrected chi connectivity index (χ3v) is 3.16. The fourth-order valence-corrected chi connectivity index (χ4v) is 1.95. The molecule has 0 aliphatic heterocycles. The van der Waals surface area contributed by atoms with Crippen molar-refractivity contribution in [2.75, 3.05) is 0 Å². The molecule has 0 fully saturated rings. The lowest BCUT2D eigenvalue weighted by molar-refractivity contribution is 0.458. The maximum atomic E-state index is 6.08. The second-order valence-corrected chi connectivity index (χ2v) is 5.44. The number of nitrogens with zero attached hydrogens (tertiary/aromatic N) is 1. The molecule has 0 atom stereocenters. The molecule has 20 heavy (non-hydrogen) atoms. The van der Waals surface area contributed by atoms with E-state index in [1.165, 1.54) is 0 Å². The highest BCUT2D eigenvalue weighted by Gasteiger charge is 2.07. The molecule has 0 aliphatic rings. The molecular formula is C16H19ClN2O. The standard InChI is InChI=1S/C16H19ClN2O/c1-11(2)18-9-13-8-12(3)16(19-10-13)20-15-7-5-4-6-14(15)17/h4-8,10-11,18H,9H2,1-3H3. The summed E-state index contributed by atoms with van der Waals surface area (Å²) >= 11 is 6.08. The number of rotatable bonds is 5. The van der Waals surface area contributed by atoms with Crippen molar-refractivity contribution >= 4 is 11.6 Å². The summed E-state index contributed by atoms with van der Waals surface area (Å²) in [5.74, 6) is 1.21. The molecule has 1 N–H and O–H groups in total. The Hall–Kier alpha value is -1.58. The fraction of sp³-hybridized carbons (Fsp3) is 0.312. The van der Waals surface area contributed by atoms with Crippen LogP contribution in [0.25, 0.3) is 0 Å². The van der Waals surface area contributed by atoms with Gasteiger partial charge in [-0.15, -0.1) is 0 Å². The number of nitrogens with one attached hydrogen (secondary N) is 1. The minimum absolute atomic E-state index is 0.453. The third-order valence-electron chi connectivity index (χ3n) is 2.84. The van der Waals surface area contributed by atoms with Crippen molar-refractivity contribution in [2.45, 2.75) is 33.4 Å². The average molecular weight is 291 g/mol. The van der Waals surface area contributed by atoms with E-state index >= 15 is 0 Å². The van der Waals surface area contributed by atoms with E-state index in [2.05, 4.69) is 30.2 Å². The minimum atomic E-state index is 0.453. The second-order valence-electron chi connectivity index (χ2n) is 5.03. The van der Waals surface area contributed by atoms with Gasteiger partial charge in [0, 0.05) is 24.3 Å². The predicted molar refractivity (Wildman–Crippen MR) is 82.5 cm³/mol. The molecule has 0 aliphatic carbocycles. The van der Waals surface area contributed by atoms with Crippen molar-refractivity contribution in [3.8, 4) is 11.6 Å². The summed E-state index contributed by atoms with van der Waals surface area (Å²) in [6.45, 7) is 7.03. The number of pyridine rings is 1. The van der Waals surface area contributed by atoms with Crippen molar-refractivity contribution < 1.29 is 4.74 Å². The first-order valence-corrected chi connectivity index (χ1v) is 7.05. The van der Waals surface area contributed by atoms with Gasteiger partial charge in [0.1, 0.15) is 5.75 Å². The zero-order valence-corrected chi connectivity index (χ0v) is 12.7. The summed E-state index contributed by atoms with van der Waals surface area (Å²) < 4.78 is 5.76. The van der Waals surface area contributed by atoms with Gasteiger partial charge in [0.05, 0.1) is 5.02 Å². The SMILES string of the molecule is Cc1cc(CNC(C)C)cnc1Oc1ccccc1Cl. The third kappa shape index (κ3) is 3.95. The van der Waals surface area contributed by atoms with Gasteiger partial charge in [-0.2, -0.15) is 0 Å². The average Bonchev–Trinajstić information content (AvgIpc) is 2.41. The number of benzene rings is 1. The smallest absolute Gasteiger partial charge is 0.222 e. The van der Waals surface area contributed by atoms with Crippen LogP contribution in [0.2, 0.25) is 5.02 Å². The molecular weight excluding hydrogens is 272 g/mol. The van der Waals surface area contributed by atoms with Gasteiger partial charge < -0.3 is 10.1 Å². The molecule has 1 aromatic carbocycles. The number of hydrogen-bond donors (Lipinski definition) is 1. The van der Waals surface area contributed by atoms with E-state index in [1.807, 2.05) is 31.3 Å². The lowest BCUT2D eigenvalue weighted by Crippen LogP contribution is -2.21. The highest BCUT2D eigenvalue weighted by molar-refractivity contribution is 6.32. The van der Waals surface area contributed by atoms with Gasteiger partial charge in [-0.1, -0.05) is 37.6 Å². The number of para-hydroxylation sites is 1. The molecule has 1 heterocycles. The first-order valence-electron chi connectivity index (χ1n) is 6.67. The highest BCUT2D eigenvalue weighted by atomic mass is 35.5. The number of hydrogen-bond acceptors (Lipinski definition) is 3. The van der Waals surface area contributed by atoms with Crippen LogP contribution < -0.4 is 10.1 Å². The highest BCUT2D eigenvalue weighted by Crippen LogP contribution is 2.29. The Labute approximate surface area is 124 Å². The monoisotopic (exact) mass is 290 g/mol. The minimum Gasteiger partial charge on any atom is -0.437 e. The van der Waals surface area contributed by atoms with E-state index in [0.717, 1.165) is 17.7 Å². The Morgan fingerprint density at radius 2 is 2.05 bits per heavy atom. The van der Waals surface area contributed by atoms with Gasteiger partial charge in [0.25, 0.3) is 0 Å². The van der Waals surface area contributed by atoms with Crippen LogP contribution in [0, 0.1) is 6.92 Å². The van der Waals surface area contributed by atoms with E-state index in [4.69, 9.17) is 16.3 Å². The molecule has 0 unspecified atom stereocenters. The van der Waals surface area contributed by atoms with Crippen LogP contribution in [0.1, 0.15) is 25.0 Å². The zero-order valence-electron chi connectivity index (χ0n) is 12.0. The number of aryl methyl sites for hydroxylation is 1. The zero-order chi connectivity index (χ0) is 14.5. The normalized spacial score (nSPS) is 10.8. The van der Waals surface area contributed by atoms with Crippen LogP contribution in [-0.4, -0.2) is 11.0 Å². The quantitative estimate of drug-likeness (QED) is 0.890. The lowest BCUT2D eigenvalue weighted by atomic mass is 10.2. The van der Waals surface area contributed by atoms with Crippen LogP contribution >= 0.6 is 11.6 Å². The molecule has 2 rings (SSSR count). The van der Waals surface area contributed by atoms with Gasteiger partial charge in [0.15, 0.2) is 0 Å². The van der Waals surface area contributed by atoms with E-state index in [1.54, 1.807) is 6.07 Å². The van der Waals surface area contributed by atoms with Gasteiger partial charge in [-0.05, 0) is 30.7 Å². The maximum Gasteiger partial charge on any atom is 0.222 e. The largest absolute Gasteiger partial charge is 0.437 e. The number of ether oxygens (including phenoxy) is 1. The van der Waals surface area contributed by atoms with Crippen molar-refractivity contribution in [1.82, 2.24) is 10.3 Å². The fourth-order valence-electron chi connectivity index (χ4n) is 1.78. The Balaban J connectivity index is 2.12. The van der Waals surface area contributed by atoms with Gasteiger partial charge in [-0.3, -0.25) is 0 Å². The summed E-state index contributed by atoms with van der Waals surface area (Å²) in [4.78, 5) is 4.37. The Kier molecular flexibility index (Phi) is 4.99. The number of halogens is 1. The Bertz CT molecular complexity index is 584. The van der Waals surface area contributed by atoms with Crippen molar-refractivity contribution in [3.63, 3.8) is 0 Å². The molecule has 1 aromatic heterocycles. The van der Waals surface area contributed by atoms with E-state index < -0.39 is 0 Å². The molecule has 0 bridgehead atoms. The molecule has 0 saturated heterocycles. The lowest BCUT2D eigenvalue weighted by Gasteiger charge is -2.11. The molecule has 3 nitrogen and oxygen atoms in total. The molecule has 0 amide bonds. The van der Waals surface area contributed by atoms with Gasteiger partial charge in [0.2, 0.25) is 5.88 Å². The van der Waals surface area contributed by atoms with Crippen LogP contribution in [-0.2, 0) is 6.54 Å². The summed E-state index contributed by atoms with van der Waals surface area (Å²) in [6, 6.07) is 9.92. The van der Waals surface area contributed by atoms with Crippen molar-refractivity contribution in [2.24, 2.45) is 0 Å². The summed E-state index contributed by atoms with van der Waals surface area (Å²) in [6.07, 6.45) is 1.83. The van der Waals surface area contributed by atoms with E-state index in [-0.39, 0.29) is 0 Å². The molecule has 0 spiro atoms. The predicted octanol–water partition coefficient (Wildman–Crippen LogP) is 4.33. The first-order chi connectivity index (χ1) is 9.56. The summed E-state index contributed by atoms with van der Waals surface area (Å²) in [5, 5.41) is 3.95. The first kappa shape index (κ1) is 14.8. The van der Waals surface area contributed by atoms with Gasteiger partial charge in [-0.25, -0.2) is 4.98 Å².